The van der Waals surface area contributed by atoms with Gasteiger partial charge >= 0.3 is 6.09 Å². The summed E-state index contributed by atoms with van der Waals surface area (Å²) in [5.74, 6) is 0. The maximum atomic E-state index is 11.1. The van der Waals surface area contributed by atoms with Crippen molar-refractivity contribution < 1.29 is 14.3 Å². The second kappa shape index (κ2) is 4.30. The van der Waals surface area contributed by atoms with Crippen LogP contribution in [-0.4, -0.2) is 44.4 Å². The highest BCUT2D eigenvalue weighted by molar-refractivity contribution is 5.68. The number of ether oxygens (including phenoxy) is 2. The molecule has 1 fully saturated rings. The van der Waals surface area contributed by atoms with E-state index in [0.29, 0.717) is 19.2 Å². The molecule has 0 saturated heterocycles. The number of carbonyl (C=O) groups is 1. The first-order chi connectivity index (χ1) is 5.79. The average Bonchev–Trinajstić information content (AvgIpc) is 2.88. The van der Waals surface area contributed by atoms with Gasteiger partial charge in [0.25, 0.3) is 0 Å². The Labute approximate surface area is 72.4 Å². The predicted octanol–water partition coefficient (Wildman–Crippen LogP) is 0.864. The molecule has 0 aromatic heterocycles. The minimum Gasteiger partial charge on any atom is -0.453 e. The molecule has 0 N–H and O–H groups in total. The average molecular weight is 173 g/mol. The summed E-state index contributed by atoms with van der Waals surface area (Å²) in [5, 5.41) is 0. The number of hydrogen-bond donors (Lipinski definition) is 0. The van der Waals surface area contributed by atoms with Crippen molar-refractivity contribution in [2.24, 2.45) is 0 Å². The topological polar surface area (TPSA) is 38.8 Å². The van der Waals surface area contributed by atoms with Crippen molar-refractivity contribution in [1.29, 1.82) is 0 Å². The third kappa shape index (κ3) is 2.37. The quantitative estimate of drug-likeness (QED) is 0.633. The molecule has 0 aliphatic heterocycles. The van der Waals surface area contributed by atoms with Gasteiger partial charge in [0.15, 0.2) is 0 Å². The highest BCUT2D eigenvalue weighted by Gasteiger charge is 2.32. The standard InChI is InChI=1S/C8H15NO3/c1-11-6-5-9(7-3-4-7)8(10)12-2/h7H,3-6H2,1-2H3. The Morgan fingerprint density at radius 1 is 1.50 bits per heavy atom. The molecule has 0 spiro atoms. The first-order valence-electron chi connectivity index (χ1n) is 4.13. The first-order valence-corrected chi connectivity index (χ1v) is 4.13. The number of rotatable bonds is 4. The monoisotopic (exact) mass is 173 g/mol. The molecule has 0 bridgehead atoms. The van der Waals surface area contributed by atoms with Gasteiger partial charge < -0.3 is 14.4 Å². The molecule has 1 amide bonds. The molecule has 1 saturated carbocycles. The van der Waals surface area contributed by atoms with E-state index in [-0.39, 0.29) is 6.09 Å². The van der Waals surface area contributed by atoms with Gasteiger partial charge in [0.1, 0.15) is 0 Å². The summed E-state index contributed by atoms with van der Waals surface area (Å²) in [6.07, 6.45) is 1.95. The number of hydrogen-bond acceptors (Lipinski definition) is 3. The Kier molecular flexibility index (Phi) is 3.34. The minimum atomic E-state index is -0.241. The molecule has 1 aliphatic carbocycles. The van der Waals surface area contributed by atoms with Crippen LogP contribution >= 0.6 is 0 Å². The van der Waals surface area contributed by atoms with Crippen molar-refractivity contribution in [3.63, 3.8) is 0 Å². The fourth-order valence-corrected chi connectivity index (χ4v) is 1.12. The Bertz CT molecular complexity index is 156. The molecule has 0 heterocycles. The molecule has 0 radical (unpaired) electrons. The highest BCUT2D eigenvalue weighted by Crippen LogP contribution is 2.26. The van der Waals surface area contributed by atoms with Gasteiger partial charge in [-0.25, -0.2) is 4.79 Å². The van der Waals surface area contributed by atoms with E-state index in [4.69, 9.17) is 4.74 Å². The molecule has 1 rings (SSSR count). The van der Waals surface area contributed by atoms with Gasteiger partial charge in [0, 0.05) is 19.7 Å². The van der Waals surface area contributed by atoms with Crippen LogP contribution in [0.15, 0.2) is 0 Å². The smallest absolute Gasteiger partial charge is 0.409 e. The lowest BCUT2D eigenvalue weighted by Gasteiger charge is -2.19. The highest BCUT2D eigenvalue weighted by atomic mass is 16.5. The lowest BCUT2D eigenvalue weighted by Crippen LogP contribution is -2.35. The summed E-state index contributed by atoms with van der Waals surface area (Å²) < 4.78 is 9.54. The summed E-state index contributed by atoms with van der Waals surface area (Å²) in [7, 11) is 3.03. The molecule has 1 aliphatic rings. The van der Waals surface area contributed by atoms with Crippen molar-refractivity contribution in [3.05, 3.63) is 0 Å². The van der Waals surface area contributed by atoms with Gasteiger partial charge in [0.05, 0.1) is 13.7 Å². The molecule has 0 atom stereocenters. The largest absolute Gasteiger partial charge is 0.453 e. The number of nitrogens with zero attached hydrogens (tertiary/aromatic N) is 1. The molecule has 0 aromatic carbocycles. The molecular weight excluding hydrogens is 158 g/mol. The molecule has 70 valence electrons. The summed E-state index contributed by atoms with van der Waals surface area (Å²) in [6.45, 7) is 1.21. The van der Waals surface area contributed by atoms with Crippen molar-refractivity contribution in [2.45, 2.75) is 18.9 Å². The van der Waals surface area contributed by atoms with Gasteiger partial charge in [-0.3, -0.25) is 0 Å². The van der Waals surface area contributed by atoms with Crippen LogP contribution in [0.4, 0.5) is 4.79 Å². The number of amides is 1. The zero-order chi connectivity index (χ0) is 8.97. The minimum absolute atomic E-state index is 0.241. The third-order valence-corrected chi connectivity index (χ3v) is 1.93. The molecule has 4 nitrogen and oxygen atoms in total. The summed E-state index contributed by atoms with van der Waals surface area (Å²) in [6, 6.07) is 0.396. The first kappa shape index (κ1) is 9.32. The maximum Gasteiger partial charge on any atom is 0.409 e. The molecule has 0 aromatic rings. The fourth-order valence-electron chi connectivity index (χ4n) is 1.12. The van der Waals surface area contributed by atoms with Crippen LogP contribution < -0.4 is 0 Å². The van der Waals surface area contributed by atoms with Crippen LogP contribution in [-0.2, 0) is 9.47 Å². The third-order valence-electron chi connectivity index (χ3n) is 1.93. The van der Waals surface area contributed by atoms with Crippen molar-refractivity contribution in [3.8, 4) is 0 Å². The van der Waals surface area contributed by atoms with E-state index >= 15 is 0 Å². The molecule has 0 unspecified atom stereocenters. The molecule has 4 heteroatoms. The fraction of sp³-hybridized carbons (Fsp3) is 0.875. The molecule has 12 heavy (non-hydrogen) atoms. The van der Waals surface area contributed by atoms with Crippen LogP contribution in [0.1, 0.15) is 12.8 Å². The SMILES string of the molecule is COCCN(C(=O)OC)C1CC1. The summed E-state index contributed by atoms with van der Waals surface area (Å²) in [4.78, 5) is 12.9. The van der Waals surface area contributed by atoms with E-state index in [9.17, 15) is 4.79 Å². The Morgan fingerprint density at radius 3 is 2.58 bits per heavy atom. The van der Waals surface area contributed by atoms with E-state index in [1.165, 1.54) is 7.11 Å². The van der Waals surface area contributed by atoms with Crippen LogP contribution in [0.5, 0.6) is 0 Å². The Balaban J connectivity index is 2.32. The normalized spacial score (nSPS) is 15.8. The summed E-state index contributed by atoms with van der Waals surface area (Å²) in [5.41, 5.74) is 0. The maximum absolute atomic E-state index is 11.1. The second-order valence-electron chi connectivity index (χ2n) is 2.89. The van der Waals surface area contributed by atoms with E-state index in [0.717, 1.165) is 12.8 Å². The van der Waals surface area contributed by atoms with Crippen LogP contribution in [0.2, 0.25) is 0 Å². The van der Waals surface area contributed by atoms with Crippen LogP contribution in [0.3, 0.4) is 0 Å². The van der Waals surface area contributed by atoms with Gasteiger partial charge in [-0.15, -0.1) is 0 Å². The zero-order valence-electron chi connectivity index (χ0n) is 7.58. The van der Waals surface area contributed by atoms with Gasteiger partial charge in [-0.2, -0.15) is 0 Å². The second-order valence-corrected chi connectivity index (χ2v) is 2.89. The predicted molar refractivity (Wildman–Crippen MR) is 44.0 cm³/mol. The van der Waals surface area contributed by atoms with Gasteiger partial charge in [-0.05, 0) is 12.8 Å². The summed E-state index contributed by atoms with van der Waals surface area (Å²) >= 11 is 0. The van der Waals surface area contributed by atoms with E-state index < -0.39 is 0 Å². The Morgan fingerprint density at radius 2 is 2.17 bits per heavy atom. The van der Waals surface area contributed by atoms with Crippen molar-refractivity contribution >= 4 is 6.09 Å². The Hall–Kier alpha value is -0.770. The van der Waals surface area contributed by atoms with Gasteiger partial charge in [-0.1, -0.05) is 0 Å². The number of carbonyl (C=O) groups excluding carboxylic acids is 1. The number of methoxy groups -OCH3 is 2. The van der Waals surface area contributed by atoms with E-state index in [2.05, 4.69) is 4.74 Å². The van der Waals surface area contributed by atoms with Crippen LogP contribution in [0.25, 0.3) is 0 Å². The zero-order valence-corrected chi connectivity index (χ0v) is 7.58. The van der Waals surface area contributed by atoms with E-state index in [1.807, 2.05) is 0 Å². The van der Waals surface area contributed by atoms with Crippen molar-refractivity contribution in [1.82, 2.24) is 4.90 Å². The van der Waals surface area contributed by atoms with Gasteiger partial charge in [0.2, 0.25) is 0 Å². The van der Waals surface area contributed by atoms with Crippen molar-refractivity contribution in [2.75, 3.05) is 27.4 Å². The molecular formula is C8H15NO3. The lowest BCUT2D eigenvalue weighted by molar-refractivity contribution is 0.100. The van der Waals surface area contributed by atoms with E-state index in [1.54, 1.807) is 12.0 Å². The lowest BCUT2D eigenvalue weighted by atomic mass is 10.5. The van der Waals surface area contributed by atoms with Crippen LogP contribution in [0, 0.1) is 0 Å².